The van der Waals surface area contributed by atoms with E-state index < -0.39 is 22.3 Å². The first-order valence-corrected chi connectivity index (χ1v) is 7.51. The van der Waals surface area contributed by atoms with Gasteiger partial charge in [0.2, 0.25) is 11.7 Å². The summed E-state index contributed by atoms with van der Waals surface area (Å²) in [7, 11) is 1.45. The molecule has 0 aliphatic carbocycles. The molecule has 2 aromatic carbocycles. The number of aryl methyl sites for hydroxylation is 1. The Morgan fingerprint density at radius 2 is 2.08 bits per heavy atom. The zero-order valence-electron chi connectivity index (χ0n) is 13.4. The fraction of sp³-hybridized carbons (Fsp3) is 0.188. The summed E-state index contributed by atoms with van der Waals surface area (Å²) in [6.07, 6.45) is 0. The number of carbonyl (C=O) groups is 1. The van der Waals surface area contributed by atoms with Gasteiger partial charge in [-0.05, 0) is 30.7 Å². The molecule has 2 aromatic rings. The molecular weight excluding hydrogens is 353 g/mol. The number of benzene rings is 2. The summed E-state index contributed by atoms with van der Waals surface area (Å²) in [6.45, 7) is 1.61. The predicted molar refractivity (Wildman–Crippen MR) is 92.9 cm³/mol. The van der Waals surface area contributed by atoms with Gasteiger partial charge < -0.3 is 15.4 Å². The SMILES string of the molecule is COc1cc(Cl)c(C)cc1NC(=O)CNc1ccc(F)c([N+](=O)[O-])c1. The van der Waals surface area contributed by atoms with Crippen molar-refractivity contribution in [3.63, 3.8) is 0 Å². The first-order chi connectivity index (χ1) is 11.8. The highest BCUT2D eigenvalue weighted by Gasteiger charge is 2.15. The second-order valence-corrected chi connectivity index (χ2v) is 5.53. The number of carbonyl (C=O) groups excluding carboxylic acids is 1. The molecular formula is C16H15ClFN3O4. The predicted octanol–water partition coefficient (Wildman–Crippen LogP) is 3.75. The highest BCUT2D eigenvalue weighted by molar-refractivity contribution is 6.31. The molecule has 0 fully saturated rings. The van der Waals surface area contributed by atoms with Crippen molar-refractivity contribution in [2.75, 3.05) is 24.3 Å². The molecule has 2 N–H and O–H groups in total. The fourth-order valence-corrected chi connectivity index (χ4v) is 2.22. The molecule has 0 saturated heterocycles. The van der Waals surface area contributed by atoms with Crippen LogP contribution in [0.3, 0.4) is 0 Å². The Hall–Kier alpha value is -2.87. The average molecular weight is 368 g/mol. The molecule has 0 unspecified atom stereocenters. The Morgan fingerprint density at radius 3 is 2.72 bits per heavy atom. The molecule has 0 heterocycles. The number of methoxy groups -OCH3 is 1. The van der Waals surface area contributed by atoms with Gasteiger partial charge in [0.05, 0.1) is 24.3 Å². The molecule has 132 valence electrons. The van der Waals surface area contributed by atoms with Crippen LogP contribution in [-0.4, -0.2) is 24.5 Å². The van der Waals surface area contributed by atoms with E-state index >= 15 is 0 Å². The molecule has 0 radical (unpaired) electrons. The number of ether oxygens (including phenoxy) is 1. The first-order valence-electron chi connectivity index (χ1n) is 7.13. The van der Waals surface area contributed by atoms with Crippen LogP contribution in [0, 0.1) is 22.9 Å². The van der Waals surface area contributed by atoms with Crippen LogP contribution < -0.4 is 15.4 Å². The summed E-state index contributed by atoms with van der Waals surface area (Å²) >= 11 is 6.00. The van der Waals surface area contributed by atoms with E-state index in [0.717, 1.165) is 17.7 Å². The van der Waals surface area contributed by atoms with Crippen molar-refractivity contribution in [1.82, 2.24) is 0 Å². The Balaban J connectivity index is 2.06. The van der Waals surface area contributed by atoms with E-state index in [9.17, 15) is 19.3 Å². The maximum Gasteiger partial charge on any atom is 0.306 e. The van der Waals surface area contributed by atoms with Crippen LogP contribution in [0.15, 0.2) is 30.3 Å². The molecule has 0 atom stereocenters. The Bertz CT molecular complexity index is 829. The van der Waals surface area contributed by atoms with Gasteiger partial charge in [-0.2, -0.15) is 4.39 Å². The minimum absolute atomic E-state index is 0.173. The highest BCUT2D eigenvalue weighted by Crippen LogP contribution is 2.30. The van der Waals surface area contributed by atoms with Crippen LogP contribution in [-0.2, 0) is 4.79 Å². The van der Waals surface area contributed by atoms with E-state index in [-0.39, 0.29) is 12.2 Å². The van der Waals surface area contributed by atoms with Gasteiger partial charge in [0, 0.05) is 22.8 Å². The number of nitrogens with zero attached hydrogens (tertiary/aromatic N) is 1. The van der Waals surface area contributed by atoms with Gasteiger partial charge in [0.25, 0.3) is 0 Å². The van der Waals surface area contributed by atoms with E-state index in [2.05, 4.69) is 10.6 Å². The number of anilines is 2. The third-order valence-electron chi connectivity index (χ3n) is 3.35. The second kappa shape index (κ2) is 7.80. The molecule has 9 heteroatoms. The molecule has 2 rings (SSSR count). The van der Waals surface area contributed by atoms with E-state index in [1.54, 1.807) is 19.1 Å². The monoisotopic (exact) mass is 367 g/mol. The van der Waals surface area contributed by atoms with Crippen molar-refractivity contribution in [3.8, 4) is 5.75 Å². The average Bonchev–Trinajstić information content (AvgIpc) is 2.57. The molecule has 0 aliphatic heterocycles. The first kappa shape index (κ1) is 18.5. The topological polar surface area (TPSA) is 93.5 Å². The van der Waals surface area contributed by atoms with Crippen LogP contribution in [0.5, 0.6) is 5.75 Å². The molecule has 7 nitrogen and oxygen atoms in total. The summed E-state index contributed by atoms with van der Waals surface area (Å²) in [5.41, 5.74) is 0.795. The molecule has 0 bridgehead atoms. The van der Waals surface area contributed by atoms with Crippen LogP contribution >= 0.6 is 11.6 Å². The summed E-state index contributed by atoms with van der Waals surface area (Å²) < 4.78 is 18.5. The third-order valence-corrected chi connectivity index (χ3v) is 3.76. The molecule has 0 saturated carbocycles. The lowest BCUT2D eigenvalue weighted by molar-refractivity contribution is -0.387. The molecule has 25 heavy (non-hydrogen) atoms. The molecule has 0 aromatic heterocycles. The van der Waals surface area contributed by atoms with Crippen molar-refractivity contribution >= 4 is 34.6 Å². The normalized spacial score (nSPS) is 10.2. The van der Waals surface area contributed by atoms with Crippen molar-refractivity contribution < 1.29 is 18.8 Å². The van der Waals surface area contributed by atoms with E-state index in [1.165, 1.54) is 13.2 Å². The van der Waals surface area contributed by atoms with E-state index in [1.807, 2.05) is 0 Å². The zero-order valence-corrected chi connectivity index (χ0v) is 14.2. The number of nitro benzene ring substituents is 1. The highest BCUT2D eigenvalue weighted by atomic mass is 35.5. The number of nitro groups is 1. The van der Waals surface area contributed by atoms with E-state index in [4.69, 9.17) is 16.3 Å². The van der Waals surface area contributed by atoms with Crippen molar-refractivity contribution in [3.05, 3.63) is 56.8 Å². The van der Waals surface area contributed by atoms with Gasteiger partial charge in [-0.3, -0.25) is 14.9 Å². The largest absolute Gasteiger partial charge is 0.495 e. The Labute approximate surface area is 147 Å². The number of hydrogen-bond acceptors (Lipinski definition) is 5. The van der Waals surface area contributed by atoms with Gasteiger partial charge in [0.15, 0.2) is 0 Å². The van der Waals surface area contributed by atoms with Crippen LogP contribution in [0.4, 0.5) is 21.5 Å². The van der Waals surface area contributed by atoms with Gasteiger partial charge >= 0.3 is 5.69 Å². The summed E-state index contributed by atoms with van der Waals surface area (Å²) in [5, 5.41) is 16.6. The minimum atomic E-state index is -0.943. The number of rotatable bonds is 6. The van der Waals surface area contributed by atoms with E-state index in [0.29, 0.717) is 16.5 Å². The van der Waals surface area contributed by atoms with Crippen molar-refractivity contribution in [2.45, 2.75) is 6.92 Å². The lowest BCUT2D eigenvalue weighted by Gasteiger charge is -2.13. The van der Waals surface area contributed by atoms with Crippen LogP contribution in [0.2, 0.25) is 5.02 Å². The zero-order chi connectivity index (χ0) is 18.6. The smallest absolute Gasteiger partial charge is 0.306 e. The maximum atomic E-state index is 13.3. The molecule has 0 spiro atoms. The molecule has 1 amide bonds. The second-order valence-electron chi connectivity index (χ2n) is 5.13. The van der Waals surface area contributed by atoms with Crippen LogP contribution in [0.1, 0.15) is 5.56 Å². The lowest BCUT2D eigenvalue weighted by atomic mass is 10.2. The molecule has 0 aliphatic rings. The number of hydrogen-bond donors (Lipinski definition) is 2. The van der Waals surface area contributed by atoms with Crippen molar-refractivity contribution in [2.24, 2.45) is 0 Å². The van der Waals surface area contributed by atoms with Crippen LogP contribution in [0.25, 0.3) is 0 Å². The number of nitrogens with one attached hydrogen (secondary N) is 2. The standard InChI is InChI=1S/C16H15ClFN3O4/c1-9-5-13(15(25-2)7-11(9)17)20-16(22)8-19-10-3-4-12(18)14(6-10)21(23)24/h3-7,19H,8H2,1-2H3,(H,20,22). The maximum absolute atomic E-state index is 13.3. The number of halogens is 2. The van der Waals surface area contributed by atoms with Gasteiger partial charge in [-0.1, -0.05) is 11.6 Å². The minimum Gasteiger partial charge on any atom is -0.495 e. The summed E-state index contributed by atoms with van der Waals surface area (Å²) in [6, 6.07) is 6.55. The fourth-order valence-electron chi connectivity index (χ4n) is 2.07. The Morgan fingerprint density at radius 1 is 1.36 bits per heavy atom. The summed E-state index contributed by atoms with van der Waals surface area (Å²) in [4.78, 5) is 22.0. The van der Waals surface area contributed by atoms with Gasteiger partial charge in [0.1, 0.15) is 5.75 Å². The third kappa shape index (κ3) is 4.57. The van der Waals surface area contributed by atoms with Crippen molar-refractivity contribution in [1.29, 1.82) is 0 Å². The Kier molecular flexibility index (Phi) is 5.76. The van der Waals surface area contributed by atoms with Gasteiger partial charge in [-0.15, -0.1) is 0 Å². The quantitative estimate of drug-likeness (QED) is 0.599. The lowest BCUT2D eigenvalue weighted by Crippen LogP contribution is -2.22. The number of amides is 1. The van der Waals surface area contributed by atoms with Gasteiger partial charge in [-0.25, -0.2) is 0 Å². The summed E-state index contributed by atoms with van der Waals surface area (Å²) in [5.74, 6) is -0.949.